The van der Waals surface area contributed by atoms with E-state index in [1.807, 2.05) is 24.3 Å². The van der Waals surface area contributed by atoms with E-state index in [0.717, 1.165) is 5.56 Å². The number of aliphatic hydroxyl groups is 1. The van der Waals surface area contributed by atoms with Crippen LogP contribution in [0.5, 0.6) is 0 Å². The van der Waals surface area contributed by atoms with E-state index in [2.05, 4.69) is 15.9 Å². The van der Waals surface area contributed by atoms with Crippen molar-refractivity contribution in [2.75, 3.05) is 0 Å². The van der Waals surface area contributed by atoms with Gasteiger partial charge in [-0.3, -0.25) is 0 Å². The zero-order valence-corrected chi connectivity index (χ0v) is 7.90. The fourth-order valence-corrected chi connectivity index (χ4v) is 1.20. The van der Waals surface area contributed by atoms with Gasteiger partial charge in [-0.25, -0.2) is 0 Å². The number of hydrogen-bond acceptors (Lipinski definition) is 2. The first-order valence-corrected chi connectivity index (χ1v) is 4.44. The van der Waals surface area contributed by atoms with Crippen LogP contribution in [0, 0.1) is 11.3 Å². The van der Waals surface area contributed by atoms with Crippen molar-refractivity contribution in [2.24, 2.45) is 0 Å². The van der Waals surface area contributed by atoms with E-state index in [-0.39, 0.29) is 0 Å². The Kier molecular flexibility index (Phi) is 3.27. The van der Waals surface area contributed by atoms with Crippen LogP contribution in [0.25, 0.3) is 0 Å². The van der Waals surface area contributed by atoms with Crippen LogP contribution in [0.15, 0.2) is 30.3 Å². The minimum atomic E-state index is -0.754. The van der Waals surface area contributed by atoms with Gasteiger partial charge in [0.1, 0.15) is 10.9 Å². The molecule has 0 aromatic heterocycles. The molecule has 12 heavy (non-hydrogen) atoms. The van der Waals surface area contributed by atoms with Crippen LogP contribution in [0.4, 0.5) is 0 Å². The summed E-state index contributed by atoms with van der Waals surface area (Å²) < 4.78 is 0. The Morgan fingerprint density at radius 2 is 1.92 bits per heavy atom. The lowest BCUT2D eigenvalue weighted by molar-refractivity contribution is 0.190. The van der Waals surface area contributed by atoms with Crippen molar-refractivity contribution in [3.63, 3.8) is 0 Å². The number of nitriles is 1. The van der Waals surface area contributed by atoms with Gasteiger partial charge in [0.2, 0.25) is 0 Å². The van der Waals surface area contributed by atoms with Gasteiger partial charge in [-0.2, -0.15) is 5.26 Å². The molecule has 0 aliphatic carbocycles. The number of alkyl halides is 1. The molecule has 0 radical (unpaired) electrons. The van der Waals surface area contributed by atoms with E-state index in [4.69, 9.17) is 5.26 Å². The summed E-state index contributed by atoms with van der Waals surface area (Å²) in [5, 5.41) is 18.0. The highest BCUT2D eigenvalue weighted by Crippen LogP contribution is 2.20. The topological polar surface area (TPSA) is 44.0 Å². The molecule has 3 heteroatoms. The molecule has 2 nitrogen and oxygen atoms in total. The molecular weight excluding hydrogens is 218 g/mol. The smallest absolute Gasteiger partial charge is 0.131 e. The molecule has 1 aromatic rings. The van der Waals surface area contributed by atoms with E-state index in [1.165, 1.54) is 0 Å². The van der Waals surface area contributed by atoms with Gasteiger partial charge in [-0.15, -0.1) is 0 Å². The second-order valence-corrected chi connectivity index (χ2v) is 3.37. The number of rotatable bonds is 2. The highest BCUT2D eigenvalue weighted by molar-refractivity contribution is 9.09. The predicted molar refractivity (Wildman–Crippen MR) is 49.7 cm³/mol. The molecular formula is C9H8BrNO. The average molecular weight is 226 g/mol. The Labute approximate surface area is 79.6 Å². The predicted octanol–water partition coefficient (Wildman–Crippen LogP) is 2.01. The van der Waals surface area contributed by atoms with Crippen molar-refractivity contribution < 1.29 is 5.11 Å². The third-order valence-electron chi connectivity index (χ3n) is 1.54. The molecule has 0 fully saturated rings. The standard InChI is InChI=1S/C9H8BrNO/c10-8(6-11)9(12)7-4-2-1-3-5-7/h1-5,8-9,12H/t8-,9+/m0/s1. The molecule has 0 bridgehead atoms. The van der Waals surface area contributed by atoms with Gasteiger partial charge < -0.3 is 5.11 Å². The van der Waals surface area contributed by atoms with Crippen molar-refractivity contribution in [1.82, 2.24) is 0 Å². The summed E-state index contributed by atoms with van der Waals surface area (Å²) in [5.41, 5.74) is 0.751. The number of hydrogen-bond donors (Lipinski definition) is 1. The largest absolute Gasteiger partial charge is 0.386 e. The summed E-state index contributed by atoms with van der Waals surface area (Å²) in [5.74, 6) is 0. The van der Waals surface area contributed by atoms with Crippen molar-refractivity contribution in [1.29, 1.82) is 5.26 Å². The summed E-state index contributed by atoms with van der Waals surface area (Å²) in [6.45, 7) is 0. The first-order chi connectivity index (χ1) is 5.75. The third kappa shape index (κ3) is 2.07. The Hall–Kier alpha value is -0.850. The minimum absolute atomic E-state index is 0.542. The lowest BCUT2D eigenvalue weighted by atomic mass is 10.1. The fraction of sp³-hybridized carbons (Fsp3) is 0.222. The maximum atomic E-state index is 9.52. The van der Waals surface area contributed by atoms with Crippen molar-refractivity contribution in [2.45, 2.75) is 10.9 Å². The number of nitrogens with zero attached hydrogens (tertiary/aromatic N) is 1. The van der Waals surface area contributed by atoms with Crippen molar-refractivity contribution in [3.05, 3.63) is 35.9 Å². The van der Waals surface area contributed by atoms with Crippen molar-refractivity contribution in [3.8, 4) is 6.07 Å². The number of halogens is 1. The average Bonchev–Trinajstić information content (AvgIpc) is 2.17. The van der Waals surface area contributed by atoms with Crippen LogP contribution < -0.4 is 0 Å². The highest BCUT2D eigenvalue weighted by atomic mass is 79.9. The van der Waals surface area contributed by atoms with E-state index in [9.17, 15) is 5.11 Å². The van der Waals surface area contributed by atoms with Gasteiger partial charge in [-0.05, 0) is 5.56 Å². The second kappa shape index (κ2) is 4.24. The van der Waals surface area contributed by atoms with Gasteiger partial charge in [0.05, 0.1) is 6.07 Å². The minimum Gasteiger partial charge on any atom is -0.386 e. The van der Waals surface area contributed by atoms with Crippen LogP contribution in [-0.2, 0) is 0 Å². The van der Waals surface area contributed by atoms with Gasteiger partial charge in [0.15, 0.2) is 0 Å². The zero-order chi connectivity index (χ0) is 8.97. The maximum absolute atomic E-state index is 9.52. The number of benzene rings is 1. The molecule has 0 aliphatic rings. The molecule has 0 saturated heterocycles. The maximum Gasteiger partial charge on any atom is 0.131 e. The molecule has 2 atom stereocenters. The van der Waals surface area contributed by atoms with E-state index in [0.29, 0.717) is 0 Å². The van der Waals surface area contributed by atoms with Gasteiger partial charge >= 0.3 is 0 Å². The summed E-state index contributed by atoms with van der Waals surface area (Å²) in [7, 11) is 0. The Morgan fingerprint density at radius 1 is 1.33 bits per heavy atom. The zero-order valence-electron chi connectivity index (χ0n) is 6.31. The molecule has 1 rings (SSSR count). The first kappa shape index (κ1) is 9.24. The van der Waals surface area contributed by atoms with Crippen LogP contribution >= 0.6 is 15.9 Å². The Morgan fingerprint density at radius 3 is 2.42 bits per heavy atom. The van der Waals surface area contributed by atoms with E-state index in [1.54, 1.807) is 12.1 Å². The van der Waals surface area contributed by atoms with Crippen molar-refractivity contribution >= 4 is 15.9 Å². The second-order valence-electron chi connectivity index (χ2n) is 2.39. The molecule has 1 N–H and O–H groups in total. The molecule has 0 spiro atoms. The molecule has 1 aromatic carbocycles. The SMILES string of the molecule is N#C[C@H](Br)[C@H](O)c1ccccc1. The normalized spacial score (nSPS) is 14.8. The van der Waals surface area contributed by atoms with Crippen LogP contribution in [0.3, 0.4) is 0 Å². The van der Waals surface area contributed by atoms with Gasteiger partial charge in [0, 0.05) is 0 Å². The molecule has 0 saturated carbocycles. The summed E-state index contributed by atoms with van der Waals surface area (Å²) >= 11 is 3.07. The summed E-state index contributed by atoms with van der Waals surface area (Å²) in [6, 6.07) is 11.0. The van der Waals surface area contributed by atoms with Crippen LogP contribution in [0.2, 0.25) is 0 Å². The molecule has 0 unspecified atom stereocenters. The van der Waals surface area contributed by atoms with E-state index < -0.39 is 10.9 Å². The third-order valence-corrected chi connectivity index (χ3v) is 2.25. The molecule has 62 valence electrons. The monoisotopic (exact) mass is 225 g/mol. The molecule has 0 aliphatic heterocycles. The molecule has 0 heterocycles. The van der Waals surface area contributed by atoms with E-state index >= 15 is 0 Å². The lowest BCUT2D eigenvalue weighted by Gasteiger charge is -2.10. The quantitative estimate of drug-likeness (QED) is 0.784. The number of aliphatic hydroxyl groups excluding tert-OH is 1. The Balaban J connectivity index is 2.80. The lowest BCUT2D eigenvalue weighted by Crippen LogP contribution is -2.08. The van der Waals surface area contributed by atoms with Crippen LogP contribution in [0.1, 0.15) is 11.7 Å². The van der Waals surface area contributed by atoms with Gasteiger partial charge in [0.25, 0.3) is 0 Å². The summed E-state index contributed by atoms with van der Waals surface area (Å²) in [6.07, 6.45) is -0.754. The summed E-state index contributed by atoms with van der Waals surface area (Å²) in [4.78, 5) is -0.542. The first-order valence-electron chi connectivity index (χ1n) is 3.52. The fourth-order valence-electron chi connectivity index (χ4n) is 0.890. The highest BCUT2D eigenvalue weighted by Gasteiger charge is 2.16. The van der Waals surface area contributed by atoms with Crippen LogP contribution in [-0.4, -0.2) is 9.93 Å². The van der Waals surface area contributed by atoms with Gasteiger partial charge in [-0.1, -0.05) is 46.3 Å². The Bertz CT molecular complexity index is 280. The molecule has 0 amide bonds.